The van der Waals surface area contributed by atoms with Gasteiger partial charge in [0.1, 0.15) is 11.6 Å². The van der Waals surface area contributed by atoms with Crippen LogP contribution in [0.3, 0.4) is 0 Å². The lowest BCUT2D eigenvalue weighted by Crippen LogP contribution is -2.34. The average molecular weight is 271 g/mol. The first-order valence-electron chi connectivity index (χ1n) is 5.59. The number of benzene rings is 1. The van der Waals surface area contributed by atoms with Gasteiger partial charge in [-0.25, -0.2) is 8.78 Å². The number of nitrogens with one attached hydrogen (secondary N) is 1. The lowest BCUT2D eigenvalue weighted by Gasteiger charge is -2.16. The van der Waals surface area contributed by atoms with E-state index in [4.69, 9.17) is 11.5 Å². The molecular formula is C12H15F2N3O2. The molecule has 2 atom stereocenters. The molecule has 1 rings (SSSR count). The number of amides is 2. The first-order chi connectivity index (χ1) is 8.73. The van der Waals surface area contributed by atoms with Crippen molar-refractivity contribution < 1.29 is 18.4 Å². The molecule has 0 aliphatic heterocycles. The van der Waals surface area contributed by atoms with Gasteiger partial charge in [-0.05, 0) is 13.0 Å². The van der Waals surface area contributed by atoms with Gasteiger partial charge in [-0.3, -0.25) is 9.59 Å². The largest absolute Gasteiger partial charge is 0.366 e. The predicted molar refractivity (Wildman–Crippen MR) is 66.3 cm³/mol. The van der Waals surface area contributed by atoms with Crippen LogP contribution in [0.25, 0.3) is 0 Å². The summed E-state index contributed by atoms with van der Waals surface area (Å²) in [6, 6.07) is 0.921. The van der Waals surface area contributed by atoms with E-state index in [9.17, 15) is 18.4 Å². The number of carbonyl (C=O) groups excluding carboxylic acids is 2. The Morgan fingerprint density at radius 3 is 2.26 bits per heavy atom. The number of halogens is 2. The molecule has 0 fully saturated rings. The molecule has 19 heavy (non-hydrogen) atoms. The maximum atomic E-state index is 13.5. The topological polar surface area (TPSA) is 98.2 Å². The van der Waals surface area contributed by atoms with Crippen molar-refractivity contribution >= 4 is 17.5 Å². The molecule has 0 heterocycles. The van der Waals surface area contributed by atoms with E-state index in [-0.39, 0.29) is 5.69 Å². The Labute approximate surface area is 109 Å². The Morgan fingerprint density at radius 1 is 1.21 bits per heavy atom. The van der Waals surface area contributed by atoms with Gasteiger partial charge in [-0.15, -0.1) is 0 Å². The van der Waals surface area contributed by atoms with Crippen molar-refractivity contribution in [1.29, 1.82) is 0 Å². The molecule has 0 saturated carbocycles. The molecule has 0 radical (unpaired) electrons. The van der Waals surface area contributed by atoms with Crippen LogP contribution >= 0.6 is 0 Å². The maximum Gasteiger partial charge on any atom is 0.251 e. The second-order valence-electron chi connectivity index (χ2n) is 4.31. The SMILES string of the molecule is CC(N)C(C)C(=O)Nc1cc(C(N)=O)c(F)cc1F. The highest BCUT2D eigenvalue weighted by Gasteiger charge is 2.20. The molecule has 2 unspecified atom stereocenters. The van der Waals surface area contributed by atoms with Crippen molar-refractivity contribution in [3.63, 3.8) is 0 Å². The molecule has 0 saturated heterocycles. The number of primary amides is 1. The third-order valence-corrected chi connectivity index (χ3v) is 2.78. The fourth-order valence-electron chi connectivity index (χ4n) is 1.32. The lowest BCUT2D eigenvalue weighted by atomic mass is 10.0. The van der Waals surface area contributed by atoms with Crippen LogP contribution in [0.1, 0.15) is 24.2 Å². The summed E-state index contributed by atoms with van der Waals surface area (Å²) in [6.07, 6.45) is 0. The summed E-state index contributed by atoms with van der Waals surface area (Å²) in [4.78, 5) is 22.6. The third-order valence-electron chi connectivity index (χ3n) is 2.78. The summed E-state index contributed by atoms with van der Waals surface area (Å²) >= 11 is 0. The van der Waals surface area contributed by atoms with E-state index in [2.05, 4.69) is 5.32 Å². The van der Waals surface area contributed by atoms with E-state index < -0.39 is 41.0 Å². The summed E-state index contributed by atoms with van der Waals surface area (Å²) in [5.74, 6) is -4.22. The fraction of sp³-hybridized carbons (Fsp3) is 0.333. The number of nitrogens with two attached hydrogens (primary N) is 2. The van der Waals surface area contributed by atoms with Crippen molar-refractivity contribution in [2.75, 3.05) is 5.32 Å². The van der Waals surface area contributed by atoms with Crippen LogP contribution in [0.5, 0.6) is 0 Å². The van der Waals surface area contributed by atoms with Crippen molar-refractivity contribution in [2.24, 2.45) is 17.4 Å². The Bertz CT molecular complexity index is 518. The van der Waals surface area contributed by atoms with E-state index in [0.29, 0.717) is 6.07 Å². The minimum Gasteiger partial charge on any atom is -0.366 e. The Kier molecular flexibility index (Phi) is 4.55. The minimum absolute atomic E-state index is 0.312. The van der Waals surface area contributed by atoms with Gasteiger partial charge in [-0.2, -0.15) is 0 Å². The molecule has 0 bridgehead atoms. The van der Waals surface area contributed by atoms with Crippen LogP contribution in [-0.2, 0) is 4.79 Å². The zero-order chi connectivity index (χ0) is 14.7. The first-order valence-corrected chi connectivity index (χ1v) is 5.59. The van der Waals surface area contributed by atoms with Gasteiger partial charge in [0.15, 0.2) is 0 Å². The molecule has 5 N–H and O–H groups in total. The zero-order valence-electron chi connectivity index (χ0n) is 10.5. The van der Waals surface area contributed by atoms with E-state index in [1.54, 1.807) is 13.8 Å². The van der Waals surface area contributed by atoms with Crippen LogP contribution < -0.4 is 16.8 Å². The Morgan fingerprint density at radius 2 is 1.79 bits per heavy atom. The second kappa shape index (κ2) is 5.75. The smallest absolute Gasteiger partial charge is 0.251 e. The van der Waals surface area contributed by atoms with Crippen LogP contribution in [0.4, 0.5) is 14.5 Å². The molecule has 1 aromatic carbocycles. The van der Waals surface area contributed by atoms with E-state index >= 15 is 0 Å². The molecule has 0 aromatic heterocycles. The molecule has 2 amide bonds. The highest BCUT2D eigenvalue weighted by atomic mass is 19.1. The Hall–Kier alpha value is -2.02. The van der Waals surface area contributed by atoms with Gasteiger partial charge in [0.05, 0.1) is 17.2 Å². The molecular weight excluding hydrogens is 256 g/mol. The van der Waals surface area contributed by atoms with Crippen LogP contribution in [0, 0.1) is 17.6 Å². The van der Waals surface area contributed by atoms with Gasteiger partial charge >= 0.3 is 0 Å². The van der Waals surface area contributed by atoms with E-state index in [0.717, 1.165) is 6.07 Å². The standard InChI is InChI=1S/C12H15F2N3O2/c1-5(6(2)15)12(19)17-10-3-7(11(16)18)8(13)4-9(10)14/h3-6H,15H2,1-2H3,(H2,16,18)(H,17,19). The monoisotopic (exact) mass is 271 g/mol. The highest BCUT2D eigenvalue weighted by Crippen LogP contribution is 2.20. The van der Waals surface area contributed by atoms with E-state index in [1.807, 2.05) is 0 Å². The normalized spacial score (nSPS) is 13.7. The fourth-order valence-corrected chi connectivity index (χ4v) is 1.32. The van der Waals surface area contributed by atoms with Gasteiger partial charge in [0.25, 0.3) is 5.91 Å². The summed E-state index contributed by atoms with van der Waals surface area (Å²) in [5, 5.41) is 2.25. The average Bonchev–Trinajstić information content (AvgIpc) is 2.30. The molecule has 0 spiro atoms. The first kappa shape index (κ1) is 15.0. The van der Waals surface area contributed by atoms with Gasteiger partial charge < -0.3 is 16.8 Å². The maximum absolute atomic E-state index is 13.5. The molecule has 104 valence electrons. The molecule has 0 aliphatic rings. The summed E-state index contributed by atoms with van der Waals surface area (Å²) in [6.45, 7) is 3.19. The molecule has 1 aromatic rings. The summed E-state index contributed by atoms with van der Waals surface area (Å²) in [7, 11) is 0. The number of rotatable bonds is 4. The predicted octanol–water partition coefficient (Wildman–Crippen LogP) is 0.985. The van der Waals surface area contributed by atoms with Gasteiger partial charge in [-0.1, -0.05) is 6.92 Å². The number of carbonyl (C=O) groups is 2. The highest BCUT2D eigenvalue weighted by molar-refractivity contribution is 5.97. The van der Waals surface area contributed by atoms with Crippen molar-refractivity contribution in [3.05, 3.63) is 29.3 Å². The Balaban J connectivity index is 3.05. The number of anilines is 1. The zero-order valence-corrected chi connectivity index (χ0v) is 10.5. The third kappa shape index (κ3) is 3.47. The van der Waals surface area contributed by atoms with Gasteiger partial charge in [0, 0.05) is 12.1 Å². The summed E-state index contributed by atoms with van der Waals surface area (Å²) < 4.78 is 26.7. The van der Waals surface area contributed by atoms with Crippen LogP contribution in [-0.4, -0.2) is 17.9 Å². The molecule has 5 nitrogen and oxygen atoms in total. The number of hydrogen-bond acceptors (Lipinski definition) is 3. The second-order valence-corrected chi connectivity index (χ2v) is 4.31. The van der Waals surface area contributed by atoms with Crippen molar-refractivity contribution in [1.82, 2.24) is 0 Å². The van der Waals surface area contributed by atoms with Crippen molar-refractivity contribution in [2.45, 2.75) is 19.9 Å². The van der Waals surface area contributed by atoms with E-state index in [1.165, 1.54) is 0 Å². The van der Waals surface area contributed by atoms with Crippen LogP contribution in [0.15, 0.2) is 12.1 Å². The number of hydrogen-bond donors (Lipinski definition) is 3. The van der Waals surface area contributed by atoms with Crippen LogP contribution in [0.2, 0.25) is 0 Å². The molecule has 7 heteroatoms. The van der Waals surface area contributed by atoms with Gasteiger partial charge in [0.2, 0.25) is 5.91 Å². The quantitative estimate of drug-likeness (QED) is 0.761. The lowest BCUT2D eigenvalue weighted by molar-refractivity contribution is -0.119. The summed E-state index contributed by atoms with van der Waals surface area (Å²) in [5.41, 5.74) is 9.67. The minimum atomic E-state index is -1.08. The van der Waals surface area contributed by atoms with Crippen molar-refractivity contribution in [3.8, 4) is 0 Å². The molecule has 0 aliphatic carbocycles.